The first-order valence-electron chi connectivity index (χ1n) is 7.65. The third-order valence-electron chi connectivity index (χ3n) is 4.13. The maximum absolute atomic E-state index is 11.9. The summed E-state index contributed by atoms with van der Waals surface area (Å²) in [5.74, 6) is 0. The first kappa shape index (κ1) is 15.5. The molecule has 0 unspecified atom stereocenters. The highest BCUT2D eigenvalue weighted by molar-refractivity contribution is 7.98. The largest absolute Gasteiger partial charge is 0.875 e. The number of benzene rings is 3. The molecule has 23 heavy (non-hydrogen) atoms. The smallest absolute Gasteiger partial charge is 0.138 e. The Balaban J connectivity index is 2.41. The van der Waals surface area contributed by atoms with Gasteiger partial charge >= 0.3 is 0 Å². The molecule has 0 bridgehead atoms. The maximum Gasteiger partial charge on any atom is 0.138 e. The second-order valence-corrected chi connectivity index (χ2v) is 9.03. The number of hydrogen-bond donors (Lipinski definition) is 0. The van der Waals surface area contributed by atoms with E-state index >= 15 is 0 Å². The molecule has 114 valence electrons. The van der Waals surface area contributed by atoms with Crippen molar-refractivity contribution < 1.29 is 5.11 Å². The van der Waals surface area contributed by atoms with Crippen LogP contribution in [0.1, 0.15) is 6.92 Å². The molecule has 0 saturated heterocycles. The normalized spacial score (nSPS) is 12.1. The van der Waals surface area contributed by atoms with Crippen molar-refractivity contribution in [3.8, 4) is 0 Å². The van der Waals surface area contributed by atoms with Crippen molar-refractivity contribution in [1.29, 1.82) is 0 Å². The molecule has 0 atom stereocenters. The lowest BCUT2D eigenvalue weighted by Crippen LogP contribution is -2.32. The second-order valence-electron chi connectivity index (χ2n) is 5.44. The molecule has 1 nitrogen and oxygen atoms in total. The molecule has 0 aromatic heterocycles. The van der Waals surface area contributed by atoms with Crippen molar-refractivity contribution in [3.63, 3.8) is 0 Å². The van der Waals surface area contributed by atoms with Gasteiger partial charge in [-0.15, -0.1) is 6.26 Å². The van der Waals surface area contributed by atoms with Crippen LogP contribution in [0.5, 0.6) is 0 Å². The molecule has 0 fully saturated rings. The van der Waals surface area contributed by atoms with Gasteiger partial charge in [0.15, 0.2) is 0 Å². The average molecular weight is 318 g/mol. The molecule has 3 aromatic carbocycles. The molecule has 0 aliphatic carbocycles. The highest BCUT2D eigenvalue weighted by Gasteiger charge is 2.46. The zero-order chi connectivity index (χ0) is 16.1. The second kappa shape index (κ2) is 6.81. The van der Waals surface area contributed by atoms with E-state index in [-0.39, 0.29) is 0 Å². The summed E-state index contributed by atoms with van der Waals surface area (Å²) < 4.78 is 0. The fourth-order valence-electron chi connectivity index (χ4n) is 3.09. The number of hydrogen-bond acceptors (Lipinski definition) is 1. The minimum absolute atomic E-state index is 0.890. The predicted molar refractivity (Wildman–Crippen MR) is 98.9 cm³/mol. The van der Waals surface area contributed by atoms with Crippen molar-refractivity contribution in [1.82, 2.24) is 0 Å². The summed E-state index contributed by atoms with van der Waals surface area (Å²) in [6.07, 6.45) is 1.03. The summed E-state index contributed by atoms with van der Waals surface area (Å²) in [4.78, 5) is 0. The Morgan fingerprint density at radius 1 is 0.652 bits per heavy atom. The topological polar surface area (TPSA) is 23.1 Å². The third kappa shape index (κ3) is 2.69. The van der Waals surface area contributed by atoms with E-state index in [2.05, 4.69) is 36.4 Å². The summed E-state index contributed by atoms with van der Waals surface area (Å²) in [5.41, 5.74) is 0. The van der Waals surface area contributed by atoms with Crippen molar-refractivity contribution in [2.24, 2.45) is 0 Å². The standard InChI is InChI=1S/C21H19OP/c1-18(17-22)23(19-11-5-2-6-12-19,20-13-7-3-8-14-20)21-15-9-4-10-16-21/h2-17H,1H3/b18-17+. The van der Waals surface area contributed by atoms with Gasteiger partial charge in [-0.25, -0.2) is 0 Å². The lowest BCUT2D eigenvalue weighted by atomic mass is 10.4. The van der Waals surface area contributed by atoms with Crippen LogP contribution in [0, 0.1) is 0 Å². The van der Waals surface area contributed by atoms with Crippen molar-refractivity contribution in [3.05, 3.63) is 103 Å². The minimum Gasteiger partial charge on any atom is -0.875 e. The van der Waals surface area contributed by atoms with Gasteiger partial charge in [-0.1, -0.05) is 54.6 Å². The van der Waals surface area contributed by atoms with Crippen molar-refractivity contribution in [2.45, 2.75) is 6.92 Å². The zero-order valence-corrected chi connectivity index (χ0v) is 14.0. The van der Waals surface area contributed by atoms with Crippen LogP contribution in [0.4, 0.5) is 0 Å². The molecule has 2 heteroatoms. The van der Waals surface area contributed by atoms with Crippen LogP contribution in [0.2, 0.25) is 0 Å². The van der Waals surface area contributed by atoms with Crippen LogP contribution >= 0.6 is 7.26 Å². The highest BCUT2D eigenvalue weighted by Crippen LogP contribution is 2.61. The summed E-state index contributed by atoms with van der Waals surface area (Å²) in [6.45, 7) is 1.97. The van der Waals surface area contributed by atoms with Gasteiger partial charge < -0.3 is 5.11 Å². The van der Waals surface area contributed by atoms with Gasteiger partial charge in [-0.3, -0.25) is 0 Å². The molecule has 3 rings (SSSR count). The summed E-state index contributed by atoms with van der Waals surface area (Å²) in [7, 11) is -2.10. The van der Waals surface area contributed by atoms with E-state index in [9.17, 15) is 5.11 Å². The Kier molecular flexibility index (Phi) is 4.60. The van der Waals surface area contributed by atoms with Crippen molar-refractivity contribution >= 4 is 23.2 Å². The lowest BCUT2D eigenvalue weighted by Gasteiger charge is -2.28. The van der Waals surface area contributed by atoms with Gasteiger partial charge in [0, 0.05) is 0 Å². The molecule has 0 amide bonds. The summed E-state index contributed by atoms with van der Waals surface area (Å²) in [6, 6.07) is 31.2. The Morgan fingerprint density at radius 2 is 0.957 bits per heavy atom. The molecule has 0 saturated carbocycles. The minimum atomic E-state index is -2.10. The predicted octanol–water partition coefficient (Wildman–Crippen LogP) is 3.20. The quantitative estimate of drug-likeness (QED) is 0.535. The van der Waals surface area contributed by atoms with Gasteiger partial charge in [-0.2, -0.15) is 0 Å². The van der Waals surface area contributed by atoms with Crippen LogP contribution in [-0.4, -0.2) is 0 Å². The first-order chi connectivity index (χ1) is 11.3. The van der Waals surface area contributed by atoms with Crippen LogP contribution < -0.4 is 21.0 Å². The van der Waals surface area contributed by atoms with Gasteiger partial charge in [0.05, 0.1) is 5.31 Å². The summed E-state index contributed by atoms with van der Waals surface area (Å²) >= 11 is 0. The molecule has 0 radical (unpaired) electrons. The lowest BCUT2D eigenvalue weighted by molar-refractivity contribution is -0.275. The number of rotatable bonds is 4. The van der Waals surface area contributed by atoms with E-state index in [0.717, 1.165) is 11.6 Å². The molecule has 3 aromatic rings. The Labute approximate surface area is 138 Å². The van der Waals surface area contributed by atoms with Crippen LogP contribution in [-0.2, 0) is 0 Å². The van der Waals surface area contributed by atoms with Crippen molar-refractivity contribution in [2.75, 3.05) is 0 Å². The molecule has 0 spiro atoms. The first-order valence-corrected chi connectivity index (χ1v) is 9.44. The van der Waals surface area contributed by atoms with Crippen LogP contribution in [0.3, 0.4) is 0 Å². The summed E-state index contributed by atoms with van der Waals surface area (Å²) in [5, 5.41) is 16.4. The van der Waals surface area contributed by atoms with Crippen LogP contribution in [0.15, 0.2) is 103 Å². The van der Waals surface area contributed by atoms with E-state index in [4.69, 9.17) is 0 Å². The fraction of sp³-hybridized carbons (Fsp3) is 0.0476. The Hall–Kier alpha value is -2.37. The van der Waals surface area contributed by atoms with E-state index in [1.54, 1.807) is 0 Å². The van der Waals surface area contributed by atoms with Gasteiger partial charge in [0.2, 0.25) is 0 Å². The van der Waals surface area contributed by atoms with E-state index in [0.29, 0.717) is 0 Å². The number of allylic oxidation sites excluding steroid dienone is 1. The molecule has 0 N–H and O–H groups in total. The molecular weight excluding hydrogens is 299 g/mol. The van der Waals surface area contributed by atoms with E-state index < -0.39 is 7.26 Å². The average Bonchev–Trinajstić information content (AvgIpc) is 2.65. The molecule has 0 aliphatic heterocycles. The Morgan fingerprint density at radius 3 is 1.22 bits per heavy atom. The van der Waals surface area contributed by atoms with Gasteiger partial charge in [0.1, 0.15) is 23.2 Å². The molecule has 0 aliphatic rings. The third-order valence-corrected chi connectivity index (χ3v) is 8.51. The molecule has 0 heterocycles. The fourth-order valence-corrected chi connectivity index (χ4v) is 7.22. The Bertz CT molecular complexity index is 683. The van der Waals surface area contributed by atoms with E-state index in [1.807, 2.05) is 61.5 Å². The SMILES string of the molecule is C/C(=C\[O-])[P+](c1ccccc1)(c1ccccc1)c1ccccc1. The van der Waals surface area contributed by atoms with Crippen LogP contribution in [0.25, 0.3) is 0 Å². The van der Waals surface area contributed by atoms with E-state index in [1.165, 1.54) is 15.9 Å². The maximum atomic E-state index is 11.9. The highest BCUT2D eigenvalue weighted by atomic mass is 31.2. The van der Waals surface area contributed by atoms with Gasteiger partial charge in [-0.05, 0) is 43.3 Å². The zero-order valence-electron chi connectivity index (χ0n) is 13.1. The van der Waals surface area contributed by atoms with Gasteiger partial charge in [0.25, 0.3) is 0 Å². The monoisotopic (exact) mass is 318 g/mol. The molecular formula is C21H19OP.